The molecule has 1 aromatic carbocycles. The number of hydrogen-bond donors (Lipinski definition) is 1. The first-order valence-corrected chi connectivity index (χ1v) is 7.96. The molecule has 1 aliphatic rings. The van der Waals surface area contributed by atoms with Crippen molar-refractivity contribution in [3.63, 3.8) is 0 Å². The Kier molecular flexibility index (Phi) is 6.12. The lowest BCUT2D eigenvalue weighted by molar-refractivity contribution is -0.0107. The van der Waals surface area contributed by atoms with Crippen LogP contribution in [-0.4, -0.2) is 43.0 Å². The fourth-order valence-electron chi connectivity index (χ4n) is 2.95. The average Bonchev–Trinajstić information content (AvgIpc) is 2.53. The summed E-state index contributed by atoms with van der Waals surface area (Å²) in [6.45, 7) is 5.16. The Labute approximate surface area is 126 Å². The fraction of sp³-hybridized carbons (Fsp3) is 0.647. The molecule has 1 fully saturated rings. The molecule has 1 aromatic rings. The van der Waals surface area contributed by atoms with Gasteiger partial charge in [0, 0.05) is 19.6 Å². The summed E-state index contributed by atoms with van der Waals surface area (Å²) in [5, 5.41) is 3.10. The molecule has 1 N–H and O–H groups in total. The molecule has 0 bridgehead atoms. The number of nitrogens with zero attached hydrogens (tertiary/aromatic N) is 1. The minimum atomic E-state index is -2.28. The average molecular weight is 296 g/mol. The van der Waals surface area contributed by atoms with E-state index in [1.54, 1.807) is 0 Å². The predicted octanol–water partition coefficient (Wildman–Crippen LogP) is 3.33. The normalized spacial score (nSPS) is 19.0. The fourth-order valence-corrected chi connectivity index (χ4v) is 2.95. The van der Waals surface area contributed by atoms with Gasteiger partial charge in [0.1, 0.15) is 0 Å². The van der Waals surface area contributed by atoms with Gasteiger partial charge in [0.05, 0.1) is 5.54 Å². The Balaban J connectivity index is 1.81. The lowest BCUT2D eigenvalue weighted by Crippen LogP contribution is -2.58. The summed E-state index contributed by atoms with van der Waals surface area (Å²) in [6.07, 6.45) is 0.691. The second-order valence-electron chi connectivity index (χ2n) is 5.96. The van der Waals surface area contributed by atoms with E-state index in [0.717, 1.165) is 32.5 Å². The zero-order valence-electron chi connectivity index (χ0n) is 12.8. The van der Waals surface area contributed by atoms with Gasteiger partial charge in [0.2, 0.25) is 0 Å². The molecule has 0 unspecified atom stereocenters. The van der Waals surface area contributed by atoms with Crippen molar-refractivity contribution in [1.82, 2.24) is 10.2 Å². The number of hydrogen-bond acceptors (Lipinski definition) is 2. The van der Waals surface area contributed by atoms with Crippen molar-refractivity contribution in [3.05, 3.63) is 35.9 Å². The molecule has 1 aliphatic heterocycles. The summed E-state index contributed by atoms with van der Waals surface area (Å²) < 4.78 is 26.8. The lowest BCUT2D eigenvalue weighted by Gasteiger charge is -2.42. The van der Waals surface area contributed by atoms with Crippen LogP contribution >= 0.6 is 0 Å². The van der Waals surface area contributed by atoms with E-state index in [1.165, 1.54) is 5.56 Å². The highest BCUT2D eigenvalue weighted by atomic mass is 19.3. The van der Waals surface area contributed by atoms with Crippen LogP contribution in [0.1, 0.15) is 31.7 Å². The van der Waals surface area contributed by atoms with Gasteiger partial charge in [-0.1, -0.05) is 37.3 Å². The highest BCUT2D eigenvalue weighted by Crippen LogP contribution is 2.29. The third-order valence-corrected chi connectivity index (χ3v) is 4.45. The van der Waals surface area contributed by atoms with Crippen LogP contribution in [0, 0.1) is 0 Å². The molecule has 4 heteroatoms. The summed E-state index contributed by atoms with van der Waals surface area (Å²) >= 11 is 0. The zero-order valence-corrected chi connectivity index (χ0v) is 12.8. The molecule has 0 saturated carbocycles. The van der Waals surface area contributed by atoms with E-state index in [0.29, 0.717) is 19.4 Å². The van der Waals surface area contributed by atoms with Gasteiger partial charge in [-0.15, -0.1) is 0 Å². The maximum atomic E-state index is 13.4. The maximum absolute atomic E-state index is 13.4. The van der Waals surface area contributed by atoms with Crippen molar-refractivity contribution >= 4 is 0 Å². The molecule has 21 heavy (non-hydrogen) atoms. The van der Waals surface area contributed by atoms with Crippen LogP contribution in [0.25, 0.3) is 0 Å². The second-order valence-corrected chi connectivity index (χ2v) is 5.96. The number of piperidine rings is 1. The molecule has 0 radical (unpaired) electrons. The second kappa shape index (κ2) is 7.85. The van der Waals surface area contributed by atoms with Gasteiger partial charge >= 0.3 is 0 Å². The molecular weight excluding hydrogens is 270 g/mol. The lowest BCUT2D eigenvalue weighted by atomic mass is 9.87. The zero-order chi connectivity index (χ0) is 15.1. The van der Waals surface area contributed by atoms with Gasteiger partial charge in [0.15, 0.2) is 0 Å². The van der Waals surface area contributed by atoms with E-state index in [-0.39, 0.29) is 0 Å². The van der Waals surface area contributed by atoms with Crippen LogP contribution in [0.15, 0.2) is 30.3 Å². The molecule has 2 nitrogen and oxygen atoms in total. The SMILES string of the molecule is CCCNC1(C(F)F)CCN(CCc2ccccc2)CC1. The molecule has 0 amide bonds. The summed E-state index contributed by atoms with van der Waals surface area (Å²) in [7, 11) is 0. The van der Waals surface area contributed by atoms with E-state index < -0.39 is 12.0 Å². The van der Waals surface area contributed by atoms with Crippen molar-refractivity contribution in [2.45, 2.75) is 44.6 Å². The largest absolute Gasteiger partial charge is 0.306 e. The van der Waals surface area contributed by atoms with Crippen molar-refractivity contribution in [2.75, 3.05) is 26.2 Å². The van der Waals surface area contributed by atoms with Gasteiger partial charge in [-0.25, -0.2) is 8.78 Å². The van der Waals surface area contributed by atoms with Crippen LogP contribution in [-0.2, 0) is 6.42 Å². The van der Waals surface area contributed by atoms with Crippen molar-refractivity contribution < 1.29 is 8.78 Å². The Bertz CT molecular complexity index is 401. The molecule has 1 heterocycles. The first-order valence-electron chi connectivity index (χ1n) is 7.96. The van der Waals surface area contributed by atoms with Crippen LogP contribution in [0.4, 0.5) is 8.78 Å². The van der Waals surface area contributed by atoms with Gasteiger partial charge in [-0.3, -0.25) is 0 Å². The van der Waals surface area contributed by atoms with E-state index in [4.69, 9.17) is 0 Å². The van der Waals surface area contributed by atoms with Gasteiger partial charge in [-0.2, -0.15) is 0 Å². The summed E-state index contributed by atoms with van der Waals surface area (Å²) in [4.78, 5) is 2.31. The Morgan fingerprint density at radius 2 is 1.86 bits per heavy atom. The van der Waals surface area contributed by atoms with Crippen molar-refractivity contribution in [1.29, 1.82) is 0 Å². The number of alkyl halides is 2. The summed E-state index contributed by atoms with van der Waals surface area (Å²) in [5.41, 5.74) is 0.353. The van der Waals surface area contributed by atoms with Crippen LogP contribution in [0.2, 0.25) is 0 Å². The minimum Gasteiger partial charge on any atom is -0.306 e. The molecular formula is C17H26F2N2. The van der Waals surface area contributed by atoms with E-state index in [9.17, 15) is 8.78 Å². The highest BCUT2D eigenvalue weighted by Gasteiger charge is 2.41. The standard InChI is InChI=1S/C17H26F2N2/c1-2-11-20-17(16(18)19)9-13-21(14-10-17)12-8-15-6-4-3-5-7-15/h3-7,16,20H,2,8-14H2,1H3. The Morgan fingerprint density at radius 3 is 2.43 bits per heavy atom. The van der Waals surface area contributed by atoms with Gasteiger partial charge in [-0.05, 0) is 37.8 Å². The smallest absolute Gasteiger partial charge is 0.256 e. The number of nitrogens with one attached hydrogen (secondary N) is 1. The van der Waals surface area contributed by atoms with Crippen LogP contribution in [0.5, 0.6) is 0 Å². The van der Waals surface area contributed by atoms with E-state index in [2.05, 4.69) is 22.3 Å². The predicted molar refractivity (Wildman–Crippen MR) is 82.8 cm³/mol. The van der Waals surface area contributed by atoms with Crippen molar-refractivity contribution in [3.8, 4) is 0 Å². The molecule has 2 rings (SSSR count). The molecule has 0 aliphatic carbocycles. The van der Waals surface area contributed by atoms with E-state index >= 15 is 0 Å². The van der Waals surface area contributed by atoms with Gasteiger partial charge in [0.25, 0.3) is 6.43 Å². The van der Waals surface area contributed by atoms with Crippen molar-refractivity contribution in [2.24, 2.45) is 0 Å². The number of likely N-dealkylation sites (tertiary alicyclic amines) is 1. The molecule has 0 spiro atoms. The summed E-state index contributed by atoms with van der Waals surface area (Å²) in [5.74, 6) is 0. The third kappa shape index (κ3) is 4.48. The van der Waals surface area contributed by atoms with Gasteiger partial charge < -0.3 is 10.2 Å². The maximum Gasteiger partial charge on any atom is 0.256 e. The molecule has 118 valence electrons. The Hall–Kier alpha value is -1.00. The first kappa shape index (κ1) is 16.4. The highest BCUT2D eigenvalue weighted by molar-refractivity contribution is 5.15. The van der Waals surface area contributed by atoms with Crippen LogP contribution in [0.3, 0.4) is 0 Å². The number of benzene rings is 1. The van der Waals surface area contributed by atoms with Crippen LogP contribution < -0.4 is 5.32 Å². The molecule has 1 saturated heterocycles. The van der Waals surface area contributed by atoms with E-state index in [1.807, 2.05) is 25.1 Å². The monoisotopic (exact) mass is 296 g/mol. The third-order valence-electron chi connectivity index (χ3n) is 4.45. The molecule has 0 aromatic heterocycles. The quantitative estimate of drug-likeness (QED) is 0.830. The number of halogens is 2. The topological polar surface area (TPSA) is 15.3 Å². The summed E-state index contributed by atoms with van der Waals surface area (Å²) in [6, 6.07) is 10.3. The number of rotatable bonds is 7. The molecule has 0 atom stereocenters. The Morgan fingerprint density at radius 1 is 1.19 bits per heavy atom. The minimum absolute atomic E-state index is 0.541. The first-order chi connectivity index (χ1) is 10.2.